The fourth-order valence-corrected chi connectivity index (χ4v) is 2.41. The average Bonchev–Trinajstić information content (AvgIpc) is 2.97. The third kappa shape index (κ3) is 2.99. The van der Waals surface area contributed by atoms with E-state index in [0.29, 0.717) is 17.0 Å². The Balaban J connectivity index is 1.93. The van der Waals surface area contributed by atoms with Crippen molar-refractivity contribution in [2.75, 3.05) is 0 Å². The molecular weight excluding hydrogens is 310 g/mol. The van der Waals surface area contributed by atoms with Crippen LogP contribution in [0, 0.1) is 0 Å². The van der Waals surface area contributed by atoms with Crippen molar-refractivity contribution in [3.8, 4) is 11.4 Å². The van der Waals surface area contributed by atoms with Gasteiger partial charge >= 0.3 is 7.12 Å². The smallest absolute Gasteiger partial charge is 0.398 e. The predicted octanol–water partition coefficient (Wildman–Crippen LogP) is 2.82. The fraction of sp³-hybridized carbons (Fsp3) is 0.438. The molecule has 0 aliphatic carbocycles. The van der Waals surface area contributed by atoms with Crippen LogP contribution in [0.5, 0.6) is 0 Å². The molecule has 1 saturated heterocycles. The molecule has 1 aliphatic heterocycles. The van der Waals surface area contributed by atoms with E-state index < -0.39 is 24.0 Å². The number of aryl methyl sites for hydroxylation is 1. The molecule has 0 saturated carbocycles. The number of rotatable bonds is 3. The first-order chi connectivity index (χ1) is 11.2. The summed E-state index contributed by atoms with van der Waals surface area (Å²) in [7, 11) is 0.731. The Hall–Kier alpha value is -2.06. The second-order valence-corrected chi connectivity index (χ2v) is 6.81. The van der Waals surface area contributed by atoms with Crippen molar-refractivity contribution >= 4 is 13.2 Å². The highest BCUT2D eigenvalue weighted by Gasteiger charge is 2.53. The van der Waals surface area contributed by atoms with Crippen molar-refractivity contribution in [2.24, 2.45) is 7.05 Å². The number of nitrogens with zero attached hydrogens (tertiary/aromatic N) is 4. The van der Waals surface area contributed by atoms with Gasteiger partial charge in [-0.2, -0.15) is 5.10 Å². The monoisotopic (exact) mass is 330 g/mol. The first kappa shape index (κ1) is 16.8. The van der Waals surface area contributed by atoms with Gasteiger partial charge in [0.25, 0.3) is 0 Å². The molecule has 0 radical (unpaired) electrons. The number of hydrogen-bond acceptors (Lipinski definition) is 5. The summed E-state index contributed by atoms with van der Waals surface area (Å²) in [6.45, 7) is 7.54. The molecule has 3 rings (SSSR count). The van der Waals surface area contributed by atoms with Crippen LogP contribution in [0.4, 0.5) is 4.39 Å². The molecule has 8 heteroatoms. The summed E-state index contributed by atoms with van der Waals surface area (Å²) < 4.78 is 27.8. The van der Waals surface area contributed by atoms with Gasteiger partial charge in [0.15, 0.2) is 0 Å². The molecule has 3 heterocycles. The molecule has 2 aromatic heterocycles. The average molecular weight is 330 g/mol. The van der Waals surface area contributed by atoms with Crippen LogP contribution in [0.3, 0.4) is 0 Å². The van der Waals surface area contributed by atoms with Crippen molar-refractivity contribution in [2.45, 2.75) is 38.9 Å². The Morgan fingerprint density at radius 3 is 2.46 bits per heavy atom. The highest BCUT2D eigenvalue weighted by molar-refractivity contribution is 6.54. The van der Waals surface area contributed by atoms with Gasteiger partial charge in [-0.15, -0.1) is 0 Å². The van der Waals surface area contributed by atoms with Gasteiger partial charge in [-0.05, 0) is 33.8 Å². The molecule has 0 unspecified atom stereocenters. The lowest BCUT2D eigenvalue weighted by Gasteiger charge is -2.32. The molecule has 6 nitrogen and oxygen atoms in total. The van der Waals surface area contributed by atoms with E-state index in [-0.39, 0.29) is 0 Å². The van der Waals surface area contributed by atoms with Crippen molar-refractivity contribution in [1.82, 2.24) is 19.7 Å². The van der Waals surface area contributed by atoms with E-state index in [4.69, 9.17) is 9.31 Å². The van der Waals surface area contributed by atoms with E-state index >= 15 is 0 Å². The maximum Gasteiger partial charge on any atom is 0.525 e. The summed E-state index contributed by atoms with van der Waals surface area (Å²) in [5, 5.41) is 4.34. The normalized spacial score (nSPS) is 19.8. The van der Waals surface area contributed by atoms with Crippen molar-refractivity contribution in [1.29, 1.82) is 0 Å². The molecule has 0 N–H and O–H groups in total. The van der Waals surface area contributed by atoms with Crippen molar-refractivity contribution < 1.29 is 13.7 Å². The van der Waals surface area contributed by atoms with Gasteiger partial charge in [0, 0.05) is 31.2 Å². The van der Waals surface area contributed by atoms with Crippen LogP contribution in [0.25, 0.3) is 17.5 Å². The van der Waals surface area contributed by atoms with E-state index in [9.17, 15) is 4.39 Å². The fourth-order valence-electron chi connectivity index (χ4n) is 2.41. The Morgan fingerprint density at radius 1 is 1.21 bits per heavy atom. The van der Waals surface area contributed by atoms with E-state index in [0.717, 1.165) is 0 Å². The van der Waals surface area contributed by atoms with Crippen LogP contribution in [-0.2, 0) is 16.4 Å². The number of hydrogen-bond donors (Lipinski definition) is 0. The molecule has 1 aliphatic rings. The van der Waals surface area contributed by atoms with E-state index in [2.05, 4.69) is 15.1 Å². The zero-order valence-corrected chi connectivity index (χ0v) is 14.4. The molecule has 24 heavy (non-hydrogen) atoms. The van der Waals surface area contributed by atoms with Gasteiger partial charge in [-0.1, -0.05) is 0 Å². The van der Waals surface area contributed by atoms with Crippen LogP contribution in [-0.4, -0.2) is 38.1 Å². The van der Waals surface area contributed by atoms with E-state index in [1.807, 2.05) is 27.7 Å². The highest BCUT2D eigenvalue weighted by Crippen LogP contribution is 2.39. The third-order valence-corrected chi connectivity index (χ3v) is 4.43. The van der Waals surface area contributed by atoms with Crippen molar-refractivity contribution in [3.63, 3.8) is 0 Å². The molecule has 0 spiro atoms. The molecule has 1 fully saturated rings. The second-order valence-electron chi connectivity index (χ2n) is 6.81. The summed E-state index contributed by atoms with van der Waals surface area (Å²) in [5.74, 6) is 0. The van der Waals surface area contributed by atoms with Crippen molar-refractivity contribution in [3.05, 3.63) is 36.1 Å². The minimum atomic E-state index is -1.04. The number of halogens is 1. The first-order valence-corrected chi connectivity index (χ1v) is 7.72. The predicted molar refractivity (Wildman–Crippen MR) is 89.4 cm³/mol. The summed E-state index contributed by atoms with van der Waals surface area (Å²) in [6, 6.07) is 0. The molecule has 2 aromatic rings. The Bertz CT molecular complexity index is 758. The lowest BCUT2D eigenvalue weighted by molar-refractivity contribution is 0.00578. The Labute approximate surface area is 140 Å². The van der Waals surface area contributed by atoms with E-state index in [1.54, 1.807) is 36.5 Å². The molecular formula is C16H20BFN4O2. The summed E-state index contributed by atoms with van der Waals surface area (Å²) in [4.78, 5) is 8.25. The minimum absolute atomic E-state index is 0.508. The maximum absolute atomic E-state index is 14.7. The van der Waals surface area contributed by atoms with Gasteiger partial charge in [0.05, 0.1) is 17.4 Å². The molecule has 0 aromatic carbocycles. The quantitative estimate of drug-likeness (QED) is 0.810. The Kier molecular flexibility index (Phi) is 4.05. The van der Waals surface area contributed by atoms with Crippen LogP contribution in [0.1, 0.15) is 33.3 Å². The van der Waals surface area contributed by atoms with E-state index in [1.165, 1.54) is 6.08 Å². The molecule has 126 valence electrons. The second kappa shape index (κ2) is 5.79. The SMILES string of the molecule is Cn1cc(C=C(F)B2OC(C)(C)C(C)(C)O2)c(-c2cnccn2)n1. The first-order valence-electron chi connectivity index (χ1n) is 7.72. The summed E-state index contributed by atoms with van der Waals surface area (Å²) in [5.41, 5.74) is 0.0252. The lowest BCUT2D eigenvalue weighted by Crippen LogP contribution is -2.41. The van der Waals surface area contributed by atoms with Gasteiger partial charge in [0.1, 0.15) is 17.1 Å². The van der Waals surface area contributed by atoms with Gasteiger partial charge < -0.3 is 9.31 Å². The van der Waals surface area contributed by atoms with Crippen LogP contribution >= 0.6 is 0 Å². The number of aromatic nitrogens is 4. The molecule has 0 amide bonds. The topological polar surface area (TPSA) is 62.1 Å². The highest BCUT2D eigenvalue weighted by atomic mass is 19.1. The maximum atomic E-state index is 14.7. The Morgan fingerprint density at radius 2 is 1.88 bits per heavy atom. The van der Waals surface area contributed by atoms with Gasteiger partial charge in [-0.3, -0.25) is 14.6 Å². The van der Waals surface area contributed by atoms with Crippen LogP contribution in [0.15, 0.2) is 30.5 Å². The van der Waals surface area contributed by atoms with Crippen LogP contribution < -0.4 is 0 Å². The standard InChI is InChI=1S/C16H20BFN4O2/c1-15(2)16(3,4)24-17(23-15)13(18)8-11-10-22(5)21-14(11)12-9-19-6-7-20-12/h6-10H,1-5H3. The zero-order chi connectivity index (χ0) is 17.5. The summed E-state index contributed by atoms with van der Waals surface area (Å²) in [6.07, 6.45) is 7.83. The van der Waals surface area contributed by atoms with Crippen LogP contribution in [0.2, 0.25) is 0 Å². The summed E-state index contributed by atoms with van der Waals surface area (Å²) >= 11 is 0. The molecule has 0 bridgehead atoms. The lowest BCUT2D eigenvalue weighted by atomic mass is 9.87. The molecule has 0 atom stereocenters. The zero-order valence-electron chi connectivity index (χ0n) is 14.4. The third-order valence-electron chi connectivity index (χ3n) is 4.43. The van der Waals surface area contributed by atoms with Gasteiger partial charge in [0.2, 0.25) is 0 Å². The largest absolute Gasteiger partial charge is 0.525 e. The van der Waals surface area contributed by atoms with Gasteiger partial charge in [-0.25, -0.2) is 4.39 Å². The minimum Gasteiger partial charge on any atom is -0.398 e.